The molecule has 9 heteroatoms. The zero-order chi connectivity index (χ0) is 26.4. The number of benzene rings is 3. The first-order valence-electron chi connectivity index (χ1n) is 12.1. The lowest BCUT2D eigenvalue weighted by Crippen LogP contribution is -2.32. The third kappa shape index (κ3) is 4.12. The number of para-hydroxylation sites is 1. The molecule has 6 rings (SSSR count). The zero-order valence-corrected chi connectivity index (χ0v) is 22.3. The first-order valence-corrected chi connectivity index (χ1v) is 13.8. The molecule has 2 amide bonds. The van der Waals surface area contributed by atoms with E-state index in [-0.39, 0.29) is 16.7 Å². The summed E-state index contributed by atoms with van der Waals surface area (Å²) in [6.07, 6.45) is 0. The molecule has 0 bridgehead atoms. The Bertz CT molecular complexity index is 1600. The fourth-order valence-electron chi connectivity index (χ4n) is 5.13. The Hall–Kier alpha value is -3.82. The third-order valence-electron chi connectivity index (χ3n) is 7.03. The molecule has 1 fully saturated rings. The van der Waals surface area contributed by atoms with E-state index in [1.165, 1.54) is 16.7 Å². The highest BCUT2D eigenvalue weighted by Gasteiger charge is 2.56. The van der Waals surface area contributed by atoms with Crippen molar-refractivity contribution in [3.63, 3.8) is 0 Å². The van der Waals surface area contributed by atoms with Gasteiger partial charge in [0.05, 0.1) is 23.7 Å². The van der Waals surface area contributed by atoms with E-state index < -0.39 is 17.1 Å². The average molecular weight is 545 g/mol. The normalized spacial score (nSPS) is 20.3. The van der Waals surface area contributed by atoms with Gasteiger partial charge in [0.1, 0.15) is 11.9 Å². The number of thioether (sulfide) groups is 1. The van der Waals surface area contributed by atoms with Gasteiger partial charge in [-0.3, -0.25) is 14.4 Å². The molecule has 0 aliphatic carbocycles. The van der Waals surface area contributed by atoms with E-state index in [4.69, 9.17) is 9.47 Å². The monoisotopic (exact) mass is 544 g/mol. The quantitative estimate of drug-likeness (QED) is 0.339. The van der Waals surface area contributed by atoms with Crippen molar-refractivity contribution in [1.29, 1.82) is 0 Å². The molecule has 1 N–H and O–H groups in total. The molecule has 7 nitrogen and oxygen atoms in total. The average Bonchev–Trinajstić information content (AvgIpc) is 3.42. The van der Waals surface area contributed by atoms with Crippen LogP contribution < -0.4 is 19.2 Å². The molecular weight excluding hydrogens is 520 g/mol. The van der Waals surface area contributed by atoms with Gasteiger partial charge < -0.3 is 14.5 Å². The molecule has 0 radical (unpaired) electrons. The summed E-state index contributed by atoms with van der Waals surface area (Å²) in [5.74, 6) is -0.590. The standard InChI is InChI=1S/C29H24N2O5S2/c1-16-8-6-7-9-18(16)15-36-20-13-12-17(14-21(20)35-2)22-23-25(37-26-24(22)38-29(34)30-26)28(33)31(27(23)32)19-10-4-3-5-11-19/h3-14,22-23,25H,15H2,1-2H3,(H,30,34)/t22-,23?,25?/m1/s1. The molecule has 2 unspecified atom stereocenters. The number of ether oxygens (including phenoxy) is 2. The highest BCUT2D eigenvalue weighted by Crippen LogP contribution is 2.53. The van der Waals surface area contributed by atoms with Crippen LogP contribution in [0.25, 0.3) is 0 Å². The number of imide groups is 1. The summed E-state index contributed by atoms with van der Waals surface area (Å²) in [7, 11) is 1.57. The Labute approximate surface area is 227 Å². The maximum absolute atomic E-state index is 13.8. The molecular formula is C29H24N2O5S2. The van der Waals surface area contributed by atoms with Gasteiger partial charge in [0.2, 0.25) is 11.8 Å². The molecule has 2 aliphatic heterocycles. The summed E-state index contributed by atoms with van der Waals surface area (Å²) < 4.78 is 11.8. The topological polar surface area (TPSA) is 88.7 Å². The van der Waals surface area contributed by atoms with Crippen molar-refractivity contribution in [1.82, 2.24) is 4.98 Å². The predicted octanol–water partition coefficient (Wildman–Crippen LogP) is 5.13. The van der Waals surface area contributed by atoms with Crippen molar-refractivity contribution >= 4 is 40.6 Å². The number of fused-ring (bicyclic) bond motifs is 2. The minimum atomic E-state index is -0.657. The summed E-state index contributed by atoms with van der Waals surface area (Å²) >= 11 is 2.35. The highest BCUT2D eigenvalue weighted by molar-refractivity contribution is 8.00. The van der Waals surface area contributed by atoms with Crippen molar-refractivity contribution in [2.45, 2.75) is 29.7 Å². The fraction of sp³-hybridized carbons (Fsp3) is 0.207. The van der Waals surface area contributed by atoms with Crippen LogP contribution in [0, 0.1) is 12.8 Å². The first kappa shape index (κ1) is 24.5. The lowest BCUT2D eigenvalue weighted by atomic mass is 9.83. The number of methoxy groups -OCH3 is 1. The maximum atomic E-state index is 13.8. The van der Waals surface area contributed by atoms with Crippen LogP contribution in [0.4, 0.5) is 5.69 Å². The SMILES string of the molecule is COc1cc([C@H]2c3sc(=O)[nH]c3SC3C(=O)N(c4ccccc4)C(=O)C32)ccc1OCc1ccccc1C. The number of anilines is 1. The molecule has 0 saturated carbocycles. The van der Waals surface area contributed by atoms with Crippen LogP contribution in [0.15, 0.2) is 82.6 Å². The summed E-state index contributed by atoms with van der Waals surface area (Å²) in [6.45, 7) is 2.42. The Morgan fingerprint density at radius 3 is 2.45 bits per heavy atom. The number of carbonyl (C=O) groups is 2. The lowest BCUT2D eigenvalue weighted by molar-refractivity contribution is -0.122. The number of H-pyrrole nitrogens is 1. The van der Waals surface area contributed by atoms with Crippen LogP contribution in [0.2, 0.25) is 0 Å². The van der Waals surface area contributed by atoms with Gasteiger partial charge in [0, 0.05) is 10.8 Å². The second-order valence-electron chi connectivity index (χ2n) is 9.22. The second-order valence-corrected chi connectivity index (χ2v) is 11.4. The number of rotatable bonds is 6. The summed E-state index contributed by atoms with van der Waals surface area (Å²) in [4.78, 5) is 44.4. The molecule has 3 heterocycles. The van der Waals surface area contributed by atoms with Crippen LogP contribution in [-0.2, 0) is 16.2 Å². The largest absolute Gasteiger partial charge is 0.493 e. The Morgan fingerprint density at radius 1 is 0.921 bits per heavy atom. The van der Waals surface area contributed by atoms with Gasteiger partial charge >= 0.3 is 4.87 Å². The fourth-order valence-corrected chi connectivity index (χ4v) is 7.65. The molecule has 1 saturated heterocycles. The second kappa shape index (κ2) is 9.81. The first-order chi connectivity index (χ1) is 18.5. The third-order valence-corrected chi connectivity index (χ3v) is 9.43. The van der Waals surface area contributed by atoms with Crippen LogP contribution >= 0.6 is 23.1 Å². The molecule has 0 spiro atoms. The van der Waals surface area contributed by atoms with Gasteiger partial charge in [0.15, 0.2) is 11.5 Å². The predicted molar refractivity (Wildman–Crippen MR) is 147 cm³/mol. The molecule has 2 aliphatic rings. The number of thiazole rings is 1. The van der Waals surface area contributed by atoms with Gasteiger partial charge in [0.25, 0.3) is 0 Å². The number of aryl methyl sites for hydroxylation is 1. The van der Waals surface area contributed by atoms with Crippen LogP contribution in [0.1, 0.15) is 27.5 Å². The zero-order valence-electron chi connectivity index (χ0n) is 20.7. The molecule has 3 aromatic carbocycles. The minimum Gasteiger partial charge on any atom is -0.493 e. The number of carbonyl (C=O) groups excluding carboxylic acids is 2. The Balaban J connectivity index is 1.38. The van der Waals surface area contributed by atoms with E-state index in [0.717, 1.165) is 32.9 Å². The van der Waals surface area contributed by atoms with Gasteiger partial charge in [-0.2, -0.15) is 0 Å². The summed E-state index contributed by atoms with van der Waals surface area (Å²) in [6, 6.07) is 22.6. The van der Waals surface area contributed by atoms with Gasteiger partial charge in [-0.15, -0.1) is 0 Å². The maximum Gasteiger partial charge on any atom is 0.305 e. The van der Waals surface area contributed by atoms with Crippen LogP contribution in [-0.4, -0.2) is 29.2 Å². The number of aromatic nitrogens is 1. The van der Waals surface area contributed by atoms with Crippen molar-refractivity contribution in [3.05, 3.63) is 104 Å². The van der Waals surface area contributed by atoms with E-state index >= 15 is 0 Å². The van der Waals surface area contributed by atoms with Gasteiger partial charge in [-0.1, -0.05) is 71.6 Å². The number of amides is 2. The van der Waals surface area contributed by atoms with Crippen molar-refractivity contribution in [2.24, 2.45) is 5.92 Å². The van der Waals surface area contributed by atoms with E-state index in [9.17, 15) is 14.4 Å². The number of nitrogens with zero attached hydrogens (tertiary/aromatic N) is 1. The Morgan fingerprint density at radius 2 is 1.68 bits per heavy atom. The number of hydrogen-bond donors (Lipinski definition) is 1. The van der Waals surface area contributed by atoms with E-state index in [0.29, 0.717) is 28.8 Å². The number of nitrogens with one attached hydrogen (secondary N) is 1. The summed E-state index contributed by atoms with van der Waals surface area (Å²) in [5, 5.41) is -0.00501. The molecule has 3 atom stereocenters. The number of hydrogen-bond acceptors (Lipinski definition) is 7. The summed E-state index contributed by atoms with van der Waals surface area (Å²) in [5.41, 5.74) is 3.54. The molecule has 38 heavy (non-hydrogen) atoms. The number of aromatic amines is 1. The highest BCUT2D eigenvalue weighted by atomic mass is 32.2. The van der Waals surface area contributed by atoms with E-state index in [1.807, 2.05) is 55.5 Å². The van der Waals surface area contributed by atoms with Crippen molar-refractivity contribution in [2.75, 3.05) is 12.0 Å². The minimum absolute atomic E-state index is 0.211. The van der Waals surface area contributed by atoms with Crippen molar-refractivity contribution < 1.29 is 19.1 Å². The Kier molecular flexibility index (Phi) is 6.33. The lowest BCUT2D eigenvalue weighted by Gasteiger charge is -2.30. The van der Waals surface area contributed by atoms with E-state index in [1.54, 1.807) is 31.4 Å². The van der Waals surface area contributed by atoms with Gasteiger partial charge in [-0.25, -0.2) is 4.90 Å². The van der Waals surface area contributed by atoms with Crippen molar-refractivity contribution in [3.8, 4) is 11.5 Å². The van der Waals surface area contributed by atoms with E-state index in [2.05, 4.69) is 4.98 Å². The molecule has 192 valence electrons. The molecule has 4 aromatic rings. The molecule has 1 aromatic heterocycles. The van der Waals surface area contributed by atoms with Crippen LogP contribution in [0.3, 0.4) is 0 Å². The van der Waals surface area contributed by atoms with Crippen LogP contribution in [0.5, 0.6) is 11.5 Å². The smallest absolute Gasteiger partial charge is 0.305 e. The van der Waals surface area contributed by atoms with Gasteiger partial charge in [-0.05, 0) is 47.9 Å².